The molecule has 1 unspecified atom stereocenters. The lowest BCUT2D eigenvalue weighted by molar-refractivity contribution is -0.149. The zero-order chi connectivity index (χ0) is 16.5. The highest BCUT2D eigenvalue weighted by Gasteiger charge is 2.17. The highest BCUT2D eigenvalue weighted by atomic mass is 16.6. The number of hydrogen-bond donors (Lipinski definition) is 0. The fraction of sp³-hybridized carbons (Fsp3) is 0.556. The maximum atomic E-state index is 11.8. The van der Waals surface area contributed by atoms with Gasteiger partial charge in [-0.1, -0.05) is 30.3 Å². The first kappa shape index (κ1) is 17.5. The highest BCUT2D eigenvalue weighted by Crippen LogP contribution is 2.13. The van der Waals surface area contributed by atoms with Gasteiger partial charge in [0.2, 0.25) is 5.91 Å². The van der Waals surface area contributed by atoms with Gasteiger partial charge in [0.05, 0.1) is 12.5 Å². The van der Waals surface area contributed by atoms with Crippen LogP contribution in [0.3, 0.4) is 0 Å². The van der Waals surface area contributed by atoms with Crippen LogP contribution in [0.15, 0.2) is 30.3 Å². The molecule has 0 aliphatic carbocycles. The van der Waals surface area contributed by atoms with Crippen LogP contribution in [-0.4, -0.2) is 42.6 Å². The Morgan fingerprint density at radius 1 is 1.26 bits per heavy atom. The van der Waals surface area contributed by atoms with E-state index in [2.05, 4.69) is 0 Å². The van der Waals surface area contributed by atoms with Crippen LogP contribution in [0.1, 0.15) is 38.2 Å². The lowest BCUT2D eigenvalue weighted by Gasteiger charge is -2.23. The van der Waals surface area contributed by atoms with Crippen molar-refractivity contribution in [3.05, 3.63) is 35.9 Å². The first-order chi connectivity index (χ1) is 11.1. The number of nitrogens with zero attached hydrogens (tertiary/aromatic N) is 1. The van der Waals surface area contributed by atoms with Gasteiger partial charge in [-0.2, -0.15) is 0 Å². The predicted molar refractivity (Wildman–Crippen MR) is 86.7 cm³/mol. The fourth-order valence-electron chi connectivity index (χ4n) is 2.57. The van der Waals surface area contributed by atoms with Crippen LogP contribution in [0, 0.1) is 0 Å². The number of hydrogen-bond acceptors (Lipinski definition) is 4. The number of ether oxygens (including phenoxy) is 2. The van der Waals surface area contributed by atoms with E-state index < -0.39 is 0 Å². The lowest BCUT2D eigenvalue weighted by atomic mass is 10.1. The Morgan fingerprint density at radius 2 is 2.04 bits per heavy atom. The van der Waals surface area contributed by atoms with Gasteiger partial charge in [0.1, 0.15) is 6.61 Å². The molecule has 0 radical (unpaired) electrons. The molecule has 1 aliphatic rings. The minimum absolute atomic E-state index is 0.0286. The Morgan fingerprint density at radius 3 is 2.70 bits per heavy atom. The van der Waals surface area contributed by atoms with Gasteiger partial charge in [0.25, 0.3) is 0 Å². The molecule has 0 spiro atoms. The highest BCUT2D eigenvalue weighted by molar-refractivity contribution is 5.75. The van der Waals surface area contributed by atoms with Gasteiger partial charge >= 0.3 is 5.97 Å². The second-order valence-electron chi connectivity index (χ2n) is 5.85. The van der Waals surface area contributed by atoms with Crippen LogP contribution < -0.4 is 0 Å². The van der Waals surface area contributed by atoms with E-state index >= 15 is 0 Å². The molecule has 23 heavy (non-hydrogen) atoms. The first-order valence-corrected chi connectivity index (χ1v) is 8.22. The quantitative estimate of drug-likeness (QED) is 0.725. The smallest absolute Gasteiger partial charge is 0.307 e. The molecule has 0 N–H and O–H groups in total. The van der Waals surface area contributed by atoms with E-state index in [-0.39, 0.29) is 24.4 Å². The van der Waals surface area contributed by atoms with E-state index in [1.54, 1.807) is 4.90 Å². The van der Waals surface area contributed by atoms with Crippen molar-refractivity contribution in [2.24, 2.45) is 0 Å². The van der Waals surface area contributed by atoms with Crippen molar-refractivity contribution in [2.45, 2.75) is 45.3 Å². The summed E-state index contributed by atoms with van der Waals surface area (Å²) in [7, 11) is 0. The van der Waals surface area contributed by atoms with Gasteiger partial charge in [-0.15, -0.1) is 0 Å². The molecule has 1 aliphatic heterocycles. The zero-order valence-electron chi connectivity index (χ0n) is 13.7. The van der Waals surface area contributed by atoms with Crippen molar-refractivity contribution in [1.29, 1.82) is 0 Å². The van der Waals surface area contributed by atoms with Crippen LogP contribution in [0.2, 0.25) is 0 Å². The van der Waals surface area contributed by atoms with Gasteiger partial charge < -0.3 is 14.4 Å². The summed E-state index contributed by atoms with van der Waals surface area (Å²) in [4.78, 5) is 25.2. The Balaban J connectivity index is 1.72. The molecule has 0 aromatic heterocycles. The van der Waals surface area contributed by atoms with Crippen LogP contribution in [0.25, 0.3) is 0 Å². The van der Waals surface area contributed by atoms with Gasteiger partial charge in [0, 0.05) is 26.6 Å². The summed E-state index contributed by atoms with van der Waals surface area (Å²) >= 11 is 0. The third-order valence-corrected chi connectivity index (χ3v) is 3.95. The largest absolute Gasteiger partial charge is 0.463 e. The molecule has 1 atom stereocenters. The average molecular weight is 319 g/mol. The summed E-state index contributed by atoms with van der Waals surface area (Å²) < 4.78 is 10.8. The van der Waals surface area contributed by atoms with E-state index in [4.69, 9.17) is 9.47 Å². The molecule has 1 amide bonds. The number of benzene rings is 1. The monoisotopic (exact) mass is 319 g/mol. The zero-order valence-corrected chi connectivity index (χ0v) is 13.7. The van der Waals surface area contributed by atoms with Gasteiger partial charge in [-0.05, 0) is 24.8 Å². The minimum atomic E-state index is -0.279. The number of carbonyl (C=O) groups excluding carboxylic acids is 2. The maximum absolute atomic E-state index is 11.8. The van der Waals surface area contributed by atoms with Gasteiger partial charge in [0.15, 0.2) is 0 Å². The summed E-state index contributed by atoms with van der Waals surface area (Å²) in [6.07, 6.45) is 3.38. The summed E-state index contributed by atoms with van der Waals surface area (Å²) in [6.45, 7) is 3.46. The average Bonchev–Trinajstić information content (AvgIpc) is 2.58. The van der Waals surface area contributed by atoms with Gasteiger partial charge in [-0.3, -0.25) is 9.59 Å². The molecule has 1 aromatic rings. The first-order valence-electron chi connectivity index (χ1n) is 8.22. The molecule has 1 aromatic carbocycles. The minimum Gasteiger partial charge on any atom is -0.463 e. The van der Waals surface area contributed by atoms with E-state index in [9.17, 15) is 9.59 Å². The molecule has 1 fully saturated rings. The van der Waals surface area contributed by atoms with Crippen LogP contribution >= 0.6 is 0 Å². The molecule has 5 nitrogen and oxygen atoms in total. The second kappa shape index (κ2) is 9.30. The van der Waals surface area contributed by atoms with Crippen molar-refractivity contribution >= 4 is 11.9 Å². The molecule has 2 rings (SSSR count). The Hall–Kier alpha value is -1.88. The third-order valence-electron chi connectivity index (χ3n) is 3.95. The summed E-state index contributed by atoms with van der Waals surface area (Å²) in [6, 6.07) is 9.74. The summed E-state index contributed by atoms with van der Waals surface area (Å²) in [5.41, 5.74) is 1.05. The molecular weight excluding hydrogens is 294 g/mol. The van der Waals surface area contributed by atoms with E-state index in [0.29, 0.717) is 19.7 Å². The van der Waals surface area contributed by atoms with Crippen molar-refractivity contribution in [3.63, 3.8) is 0 Å². The van der Waals surface area contributed by atoms with Crippen molar-refractivity contribution in [1.82, 2.24) is 4.90 Å². The Labute approximate surface area is 137 Å². The third kappa shape index (κ3) is 6.40. The van der Waals surface area contributed by atoms with E-state index in [1.807, 2.05) is 30.3 Å². The van der Waals surface area contributed by atoms with Crippen molar-refractivity contribution in [3.8, 4) is 0 Å². The normalized spacial score (nSPS) is 17.5. The number of amides is 1. The lowest BCUT2D eigenvalue weighted by Crippen LogP contribution is -2.31. The fourth-order valence-corrected chi connectivity index (χ4v) is 2.57. The van der Waals surface area contributed by atoms with E-state index in [0.717, 1.165) is 31.4 Å². The second-order valence-corrected chi connectivity index (χ2v) is 5.85. The maximum Gasteiger partial charge on any atom is 0.307 e. The summed E-state index contributed by atoms with van der Waals surface area (Å²) in [5, 5.41) is 0. The predicted octanol–water partition coefficient (Wildman–Crippen LogP) is 2.54. The number of esters is 1. The number of carbonyl (C=O) groups is 2. The topological polar surface area (TPSA) is 55.8 Å². The molecule has 126 valence electrons. The van der Waals surface area contributed by atoms with E-state index in [1.165, 1.54) is 6.92 Å². The molecule has 0 bridgehead atoms. The van der Waals surface area contributed by atoms with Crippen LogP contribution in [-0.2, 0) is 25.6 Å². The molecular formula is C18H25NO4. The van der Waals surface area contributed by atoms with Crippen molar-refractivity contribution < 1.29 is 19.1 Å². The van der Waals surface area contributed by atoms with Crippen LogP contribution in [0.5, 0.6) is 0 Å². The van der Waals surface area contributed by atoms with Crippen molar-refractivity contribution in [2.75, 3.05) is 19.8 Å². The molecule has 0 saturated carbocycles. The molecule has 1 heterocycles. The SMILES string of the molecule is CC(=O)N(CCC(=O)OCC1CCCCO1)Cc1ccccc1. The Bertz CT molecular complexity index is 497. The molecule has 1 saturated heterocycles. The van der Waals surface area contributed by atoms with Crippen LogP contribution in [0.4, 0.5) is 0 Å². The molecule has 5 heteroatoms. The van der Waals surface area contributed by atoms with Gasteiger partial charge in [-0.25, -0.2) is 0 Å². The standard InChI is InChI=1S/C18H25NO4/c1-15(20)19(13-16-7-3-2-4-8-16)11-10-18(21)23-14-17-9-5-6-12-22-17/h2-4,7-8,17H,5-6,9-14H2,1H3. The summed E-state index contributed by atoms with van der Waals surface area (Å²) in [5.74, 6) is -0.323. The number of rotatable bonds is 7. The Kier molecular flexibility index (Phi) is 7.07.